The molecule has 6 rings (SSSR count). The van der Waals surface area contributed by atoms with Gasteiger partial charge in [0.05, 0.1) is 17.7 Å². The molecule has 41 heavy (non-hydrogen) atoms. The van der Waals surface area contributed by atoms with Gasteiger partial charge in [-0.15, -0.1) is 0 Å². The van der Waals surface area contributed by atoms with Crippen LogP contribution in [-0.2, 0) is 4.79 Å². The minimum Gasteiger partial charge on any atom is -0.387 e. The van der Waals surface area contributed by atoms with Gasteiger partial charge in [0, 0.05) is 76.0 Å². The fourth-order valence-electron chi connectivity index (χ4n) is 7.18. The minimum atomic E-state index is -0.517. The highest BCUT2D eigenvalue weighted by Gasteiger charge is 2.35. The Labute approximate surface area is 248 Å². The van der Waals surface area contributed by atoms with E-state index in [1.807, 2.05) is 29.2 Å². The summed E-state index contributed by atoms with van der Waals surface area (Å²) in [5.74, 6) is 1.93. The molecule has 0 bridgehead atoms. The molecule has 0 spiro atoms. The second-order valence-electron chi connectivity index (χ2n) is 12.4. The molecule has 1 amide bonds. The van der Waals surface area contributed by atoms with Gasteiger partial charge in [-0.1, -0.05) is 30.7 Å². The Morgan fingerprint density at radius 3 is 2.39 bits per heavy atom. The first-order valence-electron chi connectivity index (χ1n) is 15.4. The van der Waals surface area contributed by atoms with Crippen molar-refractivity contribution in [1.82, 2.24) is 30.0 Å². The van der Waals surface area contributed by atoms with Crippen molar-refractivity contribution in [2.75, 3.05) is 83.4 Å². The number of rotatable bonds is 7. The predicted octanol–water partition coefficient (Wildman–Crippen LogP) is 2.72. The number of piperazine rings is 2. The lowest BCUT2D eigenvalue weighted by Crippen LogP contribution is -2.53. The van der Waals surface area contributed by atoms with Crippen LogP contribution < -0.4 is 10.2 Å². The van der Waals surface area contributed by atoms with Crippen LogP contribution in [0.4, 0.5) is 5.82 Å². The number of halogens is 1. The molecule has 4 aliphatic rings. The number of aliphatic hydroxyl groups excluding tert-OH is 1. The summed E-state index contributed by atoms with van der Waals surface area (Å²) in [6.07, 6.45) is 4.29. The van der Waals surface area contributed by atoms with Gasteiger partial charge >= 0.3 is 0 Å². The molecule has 1 aromatic heterocycles. The van der Waals surface area contributed by atoms with Crippen LogP contribution in [0.15, 0.2) is 30.6 Å². The van der Waals surface area contributed by atoms with Gasteiger partial charge in [0.1, 0.15) is 12.1 Å². The van der Waals surface area contributed by atoms with Crippen LogP contribution in [0.1, 0.15) is 60.9 Å². The fraction of sp³-hybridized carbons (Fsp3) is 0.645. The quantitative estimate of drug-likeness (QED) is 0.516. The molecule has 0 radical (unpaired) electrons. The van der Waals surface area contributed by atoms with Crippen molar-refractivity contribution in [3.63, 3.8) is 0 Å². The number of nitrogens with zero attached hydrogens (tertiary/aromatic N) is 6. The van der Waals surface area contributed by atoms with Gasteiger partial charge in [-0.3, -0.25) is 9.69 Å². The summed E-state index contributed by atoms with van der Waals surface area (Å²) in [5.41, 5.74) is 2.87. The molecular formula is C31H44ClN7O2. The van der Waals surface area contributed by atoms with Crippen LogP contribution in [-0.4, -0.2) is 114 Å². The van der Waals surface area contributed by atoms with Gasteiger partial charge in [-0.25, -0.2) is 9.97 Å². The molecule has 3 aliphatic heterocycles. The second-order valence-corrected chi connectivity index (χ2v) is 12.8. The molecule has 0 saturated carbocycles. The number of fused-ring (bicyclic) bond motifs is 1. The highest BCUT2D eigenvalue weighted by Crippen LogP contribution is 2.42. The van der Waals surface area contributed by atoms with Crippen LogP contribution in [0.5, 0.6) is 0 Å². The molecule has 1 aliphatic carbocycles. The first kappa shape index (κ1) is 28.8. The van der Waals surface area contributed by atoms with Gasteiger partial charge in [-0.05, 0) is 61.9 Å². The normalized spacial score (nSPS) is 25.3. The Kier molecular flexibility index (Phi) is 9.07. The third-order valence-electron chi connectivity index (χ3n) is 9.62. The molecule has 1 aromatic carbocycles. The molecule has 3 saturated heterocycles. The summed E-state index contributed by atoms with van der Waals surface area (Å²) in [4.78, 5) is 32.5. The number of amides is 1. The zero-order valence-corrected chi connectivity index (χ0v) is 25.0. The van der Waals surface area contributed by atoms with E-state index in [0.29, 0.717) is 24.5 Å². The summed E-state index contributed by atoms with van der Waals surface area (Å²) < 4.78 is 0. The Morgan fingerprint density at radius 2 is 1.68 bits per heavy atom. The molecule has 0 unspecified atom stereocenters. The highest BCUT2D eigenvalue weighted by atomic mass is 35.5. The van der Waals surface area contributed by atoms with Crippen LogP contribution in [0.25, 0.3) is 0 Å². The van der Waals surface area contributed by atoms with Gasteiger partial charge in [0.15, 0.2) is 0 Å². The first-order chi connectivity index (χ1) is 20.0. The zero-order valence-electron chi connectivity index (χ0n) is 24.2. The van der Waals surface area contributed by atoms with E-state index in [9.17, 15) is 9.90 Å². The van der Waals surface area contributed by atoms with Crippen LogP contribution >= 0.6 is 11.6 Å². The number of hydrogen-bond donors (Lipinski definition) is 2. The molecule has 4 heterocycles. The first-order valence-corrected chi connectivity index (χ1v) is 15.8. The van der Waals surface area contributed by atoms with E-state index in [1.165, 1.54) is 19.4 Å². The molecule has 222 valence electrons. The smallest absolute Gasteiger partial charge is 0.231 e. The molecule has 9 nitrogen and oxygen atoms in total. The number of piperidine rings is 1. The number of aromatic nitrogens is 2. The van der Waals surface area contributed by atoms with E-state index < -0.39 is 6.10 Å². The third kappa shape index (κ3) is 6.54. The zero-order chi connectivity index (χ0) is 28.3. The van der Waals surface area contributed by atoms with E-state index in [0.717, 1.165) is 87.5 Å². The SMILES string of the molecule is C[C@@H]1C[C@@H](O)c2ncnc(N3CCN(C(=O)[C@H](CN4CCN(CC5CCNCC5)CC4)c4ccc(Cl)cc4)CC3)c21. The van der Waals surface area contributed by atoms with Crippen molar-refractivity contribution in [2.45, 2.75) is 44.1 Å². The van der Waals surface area contributed by atoms with E-state index in [2.05, 4.69) is 36.9 Å². The van der Waals surface area contributed by atoms with Crippen LogP contribution in [0.3, 0.4) is 0 Å². The van der Waals surface area contributed by atoms with Gasteiger partial charge in [-0.2, -0.15) is 0 Å². The molecule has 3 fully saturated rings. The summed E-state index contributed by atoms with van der Waals surface area (Å²) >= 11 is 6.22. The molecule has 2 N–H and O–H groups in total. The van der Waals surface area contributed by atoms with Crippen molar-refractivity contribution in [3.05, 3.63) is 52.4 Å². The number of carbonyl (C=O) groups is 1. The fourth-order valence-corrected chi connectivity index (χ4v) is 7.30. The summed E-state index contributed by atoms with van der Waals surface area (Å²) in [6, 6.07) is 7.84. The lowest BCUT2D eigenvalue weighted by Gasteiger charge is -2.40. The molecule has 10 heteroatoms. The maximum absolute atomic E-state index is 14.1. The summed E-state index contributed by atoms with van der Waals surface area (Å²) in [5, 5.41) is 14.6. The number of nitrogens with one attached hydrogen (secondary N) is 1. The average molecular weight is 582 g/mol. The third-order valence-corrected chi connectivity index (χ3v) is 9.87. The lowest BCUT2D eigenvalue weighted by molar-refractivity contribution is -0.133. The largest absolute Gasteiger partial charge is 0.387 e. The standard InChI is InChI=1S/C31H44ClN7O2/c1-22-18-27(40)29-28(22)30(35-21-34-29)38-14-16-39(17-15-38)31(41)26(24-2-4-25(32)5-3-24)20-37-12-10-36(11-13-37)19-23-6-8-33-9-7-23/h2-5,21-23,26-27,33,40H,6-20H2,1H3/t22-,26-,27-/m1/s1. The molecule has 2 aromatic rings. The van der Waals surface area contributed by atoms with E-state index in [1.54, 1.807) is 6.33 Å². The van der Waals surface area contributed by atoms with Crippen LogP contribution in [0, 0.1) is 5.92 Å². The van der Waals surface area contributed by atoms with E-state index >= 15 is 0 Å². The second kappa shape index (κ2) is 12.9. The number of benzene rings is 1. The maximum Gasteiger partial charge on any atom is 0.231 e. The van der Waals surface area contributed by atoms with Crippen LogP contribution in [0.2, 0.25) is 5.02 Å². The number of hydrogen-bond acceptors (Lipinski definition) is 8. The Bertz CT molecular complexity index is 1180. The monoisotopic (exact) mass is 581 g/mol. The van der Waals surface area contributed by atoms with E-state index in [-0.39, 0.29) is 17.7 Å². The topological polar surface area (TPSA) is 88.1 Å². The summed E-state index contributed by atoms with van der Waals surface area (Å²) in [6.45, 7) is 13.3. The minimum absolute atomic E-state index is 0.195. The lowest BCUT2D eigenvalue weighted by atomic mass is 9.95. The predicted molar refractivity (Wildman–Crippen MR) is 161 cm³/mol. The van der Waals surface area contributed by atoms with Crippen molar-refractivity contribution < 1.29 is 9.90 Å². The van der Waals surface area contributed by atoms with Gasteiger partial charge < -0.3 is 25.1 Å². The van der Waals surface area contributed by atoms with Crippen molar-refractivity contribution in [3.8, 4) is 0 Å². The maximum atomic E-state index is 14.1. The summed E-state index contributed by atoms with van der Waals surface area (Å²) in [7, 11) is 0. The van der Waals surface area contributed by atoms with Crippen molar-refractivity contribution in [2.24, 2.45) is 5.92 Å². The Hall–Kier alpha value is -2.30. The Morgan fingerprint density at radius 1 is 1.00 bits per heavy atom. The number of carbonyl (C=O) groups excluding carboxylic acids is 1. The Balaban J connectivity index is 1.09. The van der Waals surface area contributed by atoms with Gasteiger partial charge in [0.25, 0.3) is 0 Å². The number of aliphatic hydroxyl groups is 1. The molecule has 3 atom stereocenters. The molecular weight excluding hydrogens is 538 g/mol. The van der Waals surface area contributed by atoms with Crippen molar-refractivity contribution >= 4 is 23.3 Å². The van der Waals surface area contributed by atoms with E-state index in [4.69, 9.17) is 11.6 Å². The number of anilines is 1. The highest BCUT2D eigenvalue weighted by molar-refractivity contribution is 6.30. The van der Waals surface area contributed by atoms with Crippen molar-refractivity contribution in [1.29, 1.82) is 0 Å². The van der Waals surface area contributed by atoms with Gasteiger partial charge in [0.2, 0.25) is 5.91 Å². The average Bonchev–Trinajstić information content (AvgIpc) is 3.30.